The molecule has 0 heterocycles. The highest BCUT2D eigenvalue weighted by Crippen LogP contribution is 2.17. The Morgan fingerprint density at radius 2 is 2.05 bits per heavy atom. The SMILES string of the molecule is CC(C)C(N)CCN(C)C(=O)c1cccc(OC(F)F)c1. The molecule has 0 radical (unpaired) electrons. The summed E-state index contributed by atoms with van der Waals surface area (Å²) in [7, 11) is 1.66. The third-order valence-electron chi connectivity index (χ3n) is 3.31. The van der Waals surface area contributed by atoms with E-state index in [0.717, 1.165) is 0 Å². The molecule has 0 aliphatic rings. The Hall–Kier alpha value is -1.69. The summed E-state index contributed by atoms with van der Waals surface area (Å²) in [4.78, 5) is 13.7. The van der Waals surface area contributed by atoms with Gasteiger partial charge in [-0.05, 0) is 30.5 Å². The number of benzene rings is 1. The molecular weight excluding hydrogens is 278 g/mol. The lowest BCUT2D eigenvalue weighted by Crippen LogP contribution is -2.34. The maximum Gasteiger partial charge on any atom is 0.387 e. The van der Waals surface area contributed by atoms with E-state index < -0.39 is 6.61 Å². The Labute approximate surface area is 123 Å². The Balaban J connectivity index is 2.65. The summed E-state index contributed by atoms with van der Waals surface area (Å²) in [6, 6.07) is 5.80. The molecule has 0 saturated heterocycles. The number of rotatable bonds is 7. The number of nitrogens with two attached hydrogens (primary N) is 1. The Kier molecular flexibility index (Phi) is 6.55. The zero-order valence-electron chi connectivity index (χ0n) is 12.6. The van der Waals surface area contributed by atoms with Crippen LogP contribution in [0, 0.1) is 5.92 Å². The largest absolute Gasteiger partial charge is 0.435 e. The van der Waals surface area contributed by atoms with E-state index >= 15 is 0 Å². The Morgan fingerprint density at radius 1 is 1.38 bits per heavy atom. The summed E-state index contributed by atoms with van der Waals surface area (Å²) in [6.07, 6.45) is 0.688. The minimum Gasteiger partial charge on any atom is -0.435 e. The van der Waals surface area contributed by atoms with Crippen LogP contribution in [0.15, 0.2) is 24.3 Å². The maximum absolute atomic E-state index is 12.2. The third kappa shape index (κ3) is 5.67. The van der Waals surface area contributed by atoms with Gasteiger partial charge in [-0.15, -0.1) is 0 Å². The number of hydrogen-bond acceptors (Lipinski definition) is 3. The molecule has 0 bridgehead atoms. The first kappa shape index (κ1) is 17.4. The quantitative estimate of drug-likeness (QED) is 0.842. The van der Waals surface area contributed by atoms with Gasteiger partial charge in [-0.2, -0.15) is 8.78 Å². The van der Waals surface area contributed by atoms with Crippen LogP contribution in [0.2, 0.25) is 0 Å². The highest BCUT2D eigenvalue weighted by atomic mass is 19.3. The van der Waals surface area contributed by atoms with E-state index in [9.17, 15) is 13.6 Å². The second kappa shape index (κ2) is 7.93. The second-order valence-corrected chi connectivity index (χ2v) is 5.33. The maximum atomic E-state index is 12.2. The molecule has 1 unspecified atom stereocenters. The summed E-state index contributed by atoms with van der Waals surface area (Å²) in [5, 5.41) is 0. The van der Waals surface area contributed by atoms with Crippen molar-refractivity contribution >= 4 is 5.91 Å². The summed E-state index contributed by atoms with van der Waals surface area (Å²) >= 11 is 0. The van der Waals surface area contributed by atoms with Gasteiger partial charge in [0.25, 0.3) is 5.91 Å². The molecule has 0 fully saturated rings. The van der Waals surface area contributed by atoms with E-state index in [1.807, 2.05) is 13.8 Å². The summed E-state index contributed by atoms with van der Waals surface area (Å²) in [5.74, 6) is 0.0741. The molecule has 6 heteroatoms. The molecule has 1 aromatic rings. The van der Waals surface area contributed by atoms with Crippen LogP contribution < -0.4 is 10.5 Å². The highest BCUT2D eigenvalue weighted by Gasteiger charge is 2.15. The predicted molar refractivity (Wildman–Crippen MR) is 77.5 cm³/mol. The zero-order valence-corrected chi connectivity index (χ0v) is 12.6. The lowest BCUT2D eigenvalue weighted by atomic mass is 10.0. The van der Waals surface area contributed by atoms with E-state index in [-0.39, 0.29) is 17.7 Å². The van der Waals surface area contributed by atoms with Crippen molar-refractivity contribution in [2.45, 2.75) is 32.9 Å². The van der Waals surface area contributed by atoms with Crippen LogP contribution in [0.3, 0.4) is 0 Å². The van der Waals surface area contributed by atoms with Gasteiger partial charge in [0.15, 0.2) is 0 Å². The highest BCUT2D eigenvalue weighted by molar-refractivity contribution is 5.94. The fourth-order valence-electron chi connectivity index (χ4n) is 1.80. The number of halogens is 2. The third-order valence-corrected chi connectivity index (χ3v) is 3.31. The van der Waals surface area contributed by atoms with Gasteiger partial charge in [-0.3, -0.25) is 4.79 Å². The van der Waals surface area contributed by atoms with E-state index in [4.69, 9.17) is 5.73 Å². The normalized spacial score (nSPS) is 12.6. The summed E-state index contributed by atoms with van der Waals surface area (Å²) in [5.41, 5.74) is 6.25. The predicted octanol–water partition coefficient (Wildman–Crippen LogP) is 2.73. The van der Waals surface area contributed by atoms with Gasteiger partial charge in [0.05, 0.1) is 0 Å². The zero-order chi connectivity index (χ0) is 16.0. The van der Waals surface area contributed by atoms with Gasteiger partial charge in [0.1, 0.15) is 5.75 Å². The molecule has 1 aromatic carbocycles. The van der Waals surface area contributed by atoms with Crippen molar-refractivity contribution in [2.24, 2.45) is 11.7 Å². The average molecular weight is 300 g/mol. The summed E-state index contributed by atoms with van der Waals surface area (Å²) < 4.78 is 28.6. The topological polar surface area (TPSA) is 55.6 Å². The lowest BCUT2D eigenvalue weighted by molar-refractivity contribution is -0.0499. The van der Waals surface area contributed by atoms with Crippen LogP contribution in [0.4, 0.5) is 8.78 Å². The average Bonchev–Trinajstić information content (AvgIpc) is 2.42. The van der Waals surface area contributed by atoms with Crippen LogP contribution >= 0.6 is 0 Å². The fraction of sp³-hybridized carbons (Fsp3) is 0.533. The van der Waals surface area contributed by atoms with Crippen molar-refractivity contribution in [3.05, 3.63) is 29.8 Å². The van der Waals surface area contributed by atoms with E-state index in [1.165, 1.54) is 23.1 Å². The first-order valence-corrected chi connectivity index (χ1v) is 6.87. The monoisotopic (exact) mass is 300 g/mol. The van der Waals surface area contributed by atoms with Crippen LogP contribution in [0.5, 0.6) is 5.75 Å². The molecule has 4 nitrogen and oxygen atoms in total. The number of ether oxygens (including phenoxy) is 1. The molecular formula is C15H22F2N2O2. The second-order valence-electron chi connectivity index (χ2n) is 5.33. The van der Waals surface area contributed by atoms with Gasteiger partial charge in [0, 0.05) is 25.2 Å². The Bertz CT molecular complexity index is 467. The molecule has 0 spiro atoms. The van der Waals surface area contributed by atoms with Crippen molar-refractivity contribution in [1.82, 2.24) is 4.90 Å². The lowest BCUT2D eigenvalue weighted by Gasteiger charge is -2.21. The summed E-state index contributed by atoms with van der Waals surface area (Å²) in [6.45, 7) is 1.66. The van der Waals surface area contributed by atoms with Gasteiger partial charge >= 0.3 is 6.61 Å². The first-order chi connectivity index (χ1) is 9.81. The van der Waals surface area contributed by atoms with Crippen molar-refractivity contribution < 1.29 is 18.3 Å². The van der Waals surface area contributed by atoms with Crippen molar-refractivity contribution in [3.63, 3.8) is 0 Å². The van der Waals surface area contributed by atoms with Crippen molar-refractivity contribution in [1.29, 1.82) is 0 Å². The first-order valence-electron chi connectivity index (χ1n) is 6.87. The van der Waals surface area contributed by atoms with E-state index in [0.29, 0.717) is 24.4 Å². The molecule has 1 amide bonds. The standard InChI is InChI=1S/C15H22F2N2O2/c1-10(2)13(18)7-8-19(3)14(20)11-5-4-6-12(9-11)21-15(16)17/h4-6,9-10,13,15H,7-8,18H2,1-3H3. The molecule has 21 heavy (non-hydrogen) atoms. The van der Waals surface area contributed by atoms with Crippen LogP contribution in [-0.2, 0) is 0 Å². The number of nitrogens with zero attached hydrogens (tertiary/aromatic N) is 1. The molecule has 1 rings (SSSR count). The number of alkyl halides is 2. The van der Waals surface area contributed by atoms with Crippen LogP contribution in [-0.4, -0.2) is 37.1 Å². The van der Waals surface area contributed by atoms with Gasteiger partial charge in [-0.25, -0.2) is 0 Å². The van der Waals surface area contributed by atoms with Crippen molar-refractivity contribution in [3.8, 4) is 5.75 Å². The molecule has 118 valence electrons. The van der Waals surface area contributed by atoms with E-state index in [1.54, 1.807) is 13.1 Å². The van der Waals surface area contributed by atoms with E-state index in [2.05, 4.69) is 4.74 Å². The number of hydrogen-bond donors (Lipinski definition) is 1. The number of carbonyl (C=O) groups excluding carboxylic acids is 1. The van der Waals surface area contributed by atoms with Gasteiger partial charge < -0.3 is 15.4 Å². The van der Waals surface area contributed by atoms with Gasteiger partial charge in [-0.1, -0.05) is 19.9 Å². The van der Waals surface area contributed by atoms with Gasteiger partial charge in [0.2, 0.25) is 0 Å². The number of carbonyl (C=O) groups is 1. The van der Waals surface area contributed by atoms with Crippen molar-refractivity contribution in [2.75, 3.05) is 13.6 Å². The smallest absolute Gasteiger partial charge is 0.387 e. The molecule has 0 saturated carbocycles. The minimum atomic E-state index is -2.91. The molecule has 1 atom stereocenters. The Morgan fingerprint density at radius 3 is 2.62 bits per heavy atom. The van der Waals surface area contributed by atoms with Crippen LogP contribution in [0.1, 0.15) is 30.6 Å². The minimum absolute atomic E-state index is 0.0220. The number of amides is 1. The molecule has 0 aliphatic heterocycles. The molecule has 0 aromatic heterocycles. The fourth-order valence-corrected chi connectivity index (χ4v) is 1.80. The molecule has 0 aliphatic carbocycles. The van der Waals surface area contributed by atoms with Crippen LogP contribution in [0.25, 0.3) is 0 Å². The molecule has 2 N–H and O–H groups in total.